The zero-order valence-corrected chi connectivity index (χ0v) is 17.5. The van der Waals surface area contributed by atoms with Crippen LogP contribution < -0.4 is 15.0 Å². The zero-order chi connectivity index (χ0) is 21.4. The van der Waals surface area contributed by atoms with Gasteiger partial charge in [0.25, 0.3) is 0 Å². The van der Waals surface area contributed by atoms with E-state index in [2.05, 4.69) is 25.5 Å². The molecule has 9 heteroatoms. The van der Waals surface area contributed by atoms with Crippen LogP contribution in [0.15, 0.2) is 36.4 Å². The number of rotatable bonds is 4. The zero-order valence-electron chi connectivity index (χ0n) is 17.5. The van der Waals surface area contributed by atoms with Crippen LogP contribution in [0.3, 0.4) is 0 Å². The van der Waals surface area contributed by atoms with Crippen molar-refractivity contribution in [2.45, 2.75) is 19.3 Å². The molecule has 1 N–H and O–H groups in total. The molecule has 4 heterocycles. The summed E-state index contributed by atoms with van der Waals surface area (Å²) < 4.78 is 12.3. The van der Waals surface area contributed by atoms with Crippen LogP contribution in [-0.4, -0.2) is 59.3 Å². The minimum Gasteiger partial charge on any atom is -0.497 e. The van der Waals surface area contributed by atoms with Crippen molar-refractivity contribution in [1.82, 2.24) is 20.0 Å². The summed E-state index contributed by atoms with van der Waals surface area (Å²) in [6, 6.07) is 11.6. The van der Waals surface area contributed by atoms with Crippen LogP contribution in [0.25, 0.3) is 5.82 Å². The van der Waals surface area contributed by atoms with E-state index in [-0.39, 0.29) is 11.8 Å². The summed E-state index contributed by atoms with van der Waals surface area (Å²) in [7, 11) is 1.64. The van der Waals surface area contributed by atoms with E-state index in [9.17, 15) is 4.79 Å². The Hall–Kier alpha value is -3.46. The molecule has 0 saturated carbocycles. The number of fused-ring (bicyclic) bond motifs is 1. The molecular formula is C22H24N6O3. The highest BCUT2D eigenvalue weighted by atomic mass is 16.5. The molecule has 2 aliphatic heterocycles. The first kappa shape index (κ1) is 19.5. The lowest BCUT2D eigenvalue weighted by atomic mass is 9.86. The molecule has 9 nitrogen and oxygen atoms in total. The van der Waals surface area contributed by atoms with Gasteiger partial charge in [-0.3, -0.25) is 4.79 Å². The number of hydrogen-bond acceptors (Lipinski definition) is 7. The lowest BCUT2D eigenvalue weighted by Gasteiger charge is -2.27. The van der Waals surface area contributed by atoms with Crippen LogP contribution >= 0.6 is 0 Å². The smallest absolute Gasteiger partial charge is 0.226 e. The highest BCUT2D eigenvalue weighted by Crippen LogP contribution is 2.40. The van der Waals surface area contributed by atoms with Crippen molar-refractivity contribution < 1.29 is 14.3 Å². The van der Waals surface area contributed by atoms with E-state index in [4.69, 9.17) is 9.47 Å². The van der Waals surface area contributed by atoms with Crippen LogP contribution in [0.2, 0.25) is 0 Å². The summed E-state index contributed by atoms with van der Waals surface area (Å²) in [5.74, 6) is 2.69. The normalized spacial score (nSPS) is 18.5. The molecule has 2 aliphatic rings. The Morgan fingerprint density at radius 2 is 1.77 bits per heavy atom. The summed E-state index contributed by atoms with van der Waals surface area (Å²) in [6.45, 7) is 4.93. The maximum Gasteiger partial charge on any atom is 0.226 e. The minimum absolute atomic E-state index is 0.0487. The first-order valence-corrected chi connectivity index (χ1v) is 10.3. The van der Waals surface area contributed by atoms with E-state index < -0.39 is 0 Å². The summed E-state index contributed by atoms with van der Waals surface area (Å²) in [4.78, 5) is 14.7. The van der Waals surface area contributed by atoms with Crippen molar-refractivity contribution in [3.05, 3.63) is 53.2 Å². The number of aromatic nitrogens is 4. The van der Waals surface area contributed by atoms with Gasteiger partial charge in [0.15, 0.2) is 11.6 Å². The third-order valence-corrected chi connectivity index (χ3v) is 5.81. The first-order valence-electron chi connectivity index (χ1n) is 10.3. The number of nitrogens with zero attached hydrogens (tertiary/aromatic N) is 5. The van der Waals surface area contributed by atoms with E-state index in [0.29, 0.717) is 31.3 Å². The van der Waals surface area contributed by atoms with Gasteiger partial charge in [0, 0.05) is 31.0 Å². The molecule has 1 fully saturated rings. The van der Waals surface area contributed by atoms with Gasteiger partial charge >= 0.3 is 0 Å². The van der Waals surface area contributed by atoms with Crippen molar-refractivity contribution in [1.29, 1.82) is 0 Å². The quantitative estimate of drug-likeness (QED) is 0.692. The topological polar surface area (TPSA) is 94.4 Å². The maximum absolute atomic E-state index is 12.6. The summed E-state index contributed by atoms with van der Waals surface area (Å²) in [5, 5.41) is 16.5. The molecule has 0 unspecified atom stereocenters. The molecule has 1 amide bonds. The predicted molar refractivity (Wildman–Crippen MR) is 115 cm³/mol. The number of ether oxygens (including phenoxy) is 2. The number of morpholine rings is 1. The Morgan fingerprint density at radius 3 is 2.45 bits per heavy atom. The van der Waals surface area contributed by atoms with Crippen molar-refractivity contribution in [3.8, 4) is 11.6 Å². The average Bonchev–Trinajstić information content (AvgIpc) is 3.15. The number of amides is 1. The molecule has 1 aromatic carbocycles. The second-order valence-corrected chi connectivity index (χ2v) is 7.69. The molecule has 31 heavy (non-hydrogen) atoms. The number of hydrogen-bond donors (Lipinski definition) is 1. The third kappa shape index (κ3) is 3.61. The second kappa shape index (κ2) is 7.99. The van der Waals surface area contributed by atoms with Crippen LogP contribution in [-0.2, 0) is 9.53 Å². The number of carbonyl (C=O) groups excluding carboxylic acids is 1. The van der Waals surface area contributed by atoms with Gasteiger partial charge in [0.1, 0.15) is 11.6 Å². The van der Waals surface area contributed by atoms with Crippen LogP contribution in [0.1, 0.15) is 29.2 Å². The molecule has 2 aromatic heterocycles. The Morgan fingerprint density at radius 1 is 1.06 bits per heavy atom. The van der Waals surface area contributed by atoms with Gasteiger partial charge in [0.2, 0.25) is 5.91 Å². The summed E-state index contributed by atoms with van der Waals surface area (Å²) in [6.07, 6.45) is 0.369. The van der Waals surface area contributed by atoms with E-state index in [0.717, 1.165) is 41.5 Å². The predicted octanol–water partition coefficient (Wildman–Crippen LogP) is 2.29. The molecule has 5 rings (SSSR count). The van der Waals surface area contributed by atoms with Gasteiger partial charge in [-0.2, -0.15) is 9.78 Å². The van der Waals surface area contributed by atoms with Gasteiger partial charge in [0.05, 0.1) is 26.0 Å². The lowest BCUT2D eigenvalue weighted by Crippen LogP contribution is -2.36. The van der Waals surface area contributed by atoms with Crippen molar-refractivity contribution in [2.24, 2.45) is 0 Å². The van der Waals surface area contributed by atoms with Gasteiger partial charge in [-0.1, -0.05) is 12.1 Å². The van der Waals surface area contributed by atoms with E-state index in [1.165, 1.54) is 0 Å². The number of carbonyl (C=O) groups is 1. The molecule has 0 spiro atoms. The van der Waals surface area contributed by atoms with Crippen LogP contribution in [0, 0.1) is 6.92 Å². The van der Waals surface area contributed by atoms with Gasteiger partial charge in [-0.25, -0.2) is 0 Å². The molecule has 0 radical (unpaired) electrons. The SMILES string of the molecule is COc1ccc([C@H]2CC(=O)Nc3c2c(C)nn3-c2ccc(N3CCOCC3)nn2)cc1. The number of anilines is 2. The summed E-state index contributed by atoms with van der Waals surface area (Å²) in [5.41, 5.74) is 2.91. The molecule has 0 aliphatic carbocycles. The standard InChI is InChI=1S/C22H24N6O3/c1-14-21-17(15-3-5-16(30-2)6-4-15)13-20(29)23-22(21)28(26-14)19-8-7-18(24-25-19)27-9-11-31-12-10-27/h3-8,17H,9-13H2,1-2H3,(H,23,29)/t17-/m1/s1. The molecule has 1 atom stereocenters. The number of aryl methyl sites for hydroxylation is 1. The largest absolute Gasteiger partial charge is 0.497 e. The Labute approximate surface area is 180 Å². The molecule has 3 aromatic rings. The van der Waals surface area contributed by atoms with E-state index >= 15 is 0 Å². The van der Waals surface area contributed by atoms with E-state index in [1.807, 2.05) is 43.3 Å². The Bertz CT molecular complexity index is 1090. The number of benzene rings is 1. The highest BCUT2D eigenvalue weighted by Gasteiger charge is 2.33. The monoisotopic (exact) mass is 420 g/mol. The maximum atomic E-state index is 12.6. The number of methoxy groups -OCH3 is 1. The van der Waals surface area contributed by atoms with Crippen molar-refractivity contribution in [3.63, 3.8) is 0 Å². The Kier molecular flexibility index (Phi) is 5.03. The van der Waals surface area contributed by atoms with Gasteiger partial charge in [-0.05, 0) is 36.8 Å². The highest BCUT2D eigenvalue weighted by molar-refractivity contribution is 5.95. The van der Waals surface area contributed by atoms with Crippen LogP contribution in [0.4, 0.5) is 11.6 Å². The third-order valence-electron chi connectivity index (χ3n) is 5.81. The fraction of sp³-hybridized carbons (Fsp3) is 0.364. The molecular weight excluding hydrogens is 396 g/mol. The second-order valence-electron chi connectivity index (χ2n) is 7.69. The fourth-order valence-electron chi connectivity index (χ4n) is 4.23. The van der Waals surface area contributed by atoms with Gasteiger partial charge in [-0.15, -0.1) is 10.2 Å². The van der Waals surface area contributed by atoms with E-state index in [1.54, 1.807) is 11.8 Å². The average molecular weight is 420 g/mol. The first-order chi connectivity index (χ1) is 15.1. The van der Waals surface area contributed by atoms with Crippen molar-refractivity contribution in [2.75, 3.05) is 43.6 Å². The molecule has 0 bridgehead atoms. The van der Waals surface area contributed by atoms with Gasteiger partial charge < -0.3 is 19.7 Å². The molecule has 1 saturated heterocycles. The fourth-order valence-corrected chi connectivity index (χ4v) is 4.23. The van der Waals surface area contributed by atoms with Crippen LogP contribution in [0.5, 0.6) is 5.75 Å². The lowest BCUT2D eigenvalue weighted by molar-refractivity contribution is -0.116. The van der Waals surface area contributed by atoms with Crippen molar-refractivity contribution >= 4 is 17.5 Å². The Balaban J connectivity index is 1.50. The minimum atomic E-state index is -0.0796. The summed E-state index contributed by atoms with van der Waals surface area (Å²) >= 11 is 0. The number of nitrogens with one attached hydrogen (secondary N) is 1. The molecule has 160 valence electrons.